The fourth-order valence-electron chi connectivity index (χ4n) is 1.22. The normalized spacial score (nSPS) is 11.2. The Bertz CT molecular complexity index is 594. The summed E-state index contributed by atoms with van der Waals surface area (Å²) in [6.07, 6.45) is 1.29. The largest absolute Gasteiger partial charge is 0.370 e. The van der Waals surface area contributed by atoms with Crippen LogP contribution in [-0.2, 0) is 10.0 Å². The first kappa shape index (κ1) is 12.7. The zero-order valence-corrected chi connectivity index (χ0v) is 11.1. The van der Waals surface area contributed by atoms with Gasteiger partial charge in [0.2, 0.25) is 5.13 Å². The molecular formula is C9H11N5O2S2. The third-order valence-electron chi connectivity index (χ3n) is 1.99. The minimum Gasteiger partial charge on any atom is -0.370 e. The van der Waals surface area contributed by atoms with Gasteiger partial charge < -0.3 is 5.32 Å². The second-order valence-corrected chi connectivity index (χ2v) is 5.77. The summed E-state index contributed by atoms with van der Waals surface area (Å²) in [7, 11) is -3.65. The van der Waals surface area contributed by atoms with Gasteiger partial charge in [-0.2, -0.15) is 0 Å². The van der Waals surface area contributed by atoms with Crippen LogP contribution >= 0.6 is 11.3 Å². The Morgan fingerprint density at radius 1 is 1.39 bits per heavy atom. The Labute approximate surface area is 108 Å². The molecule has 2 aromatic heterocycles. The van der Waals surface area contributed by atoms with E-state index in [0.29, 0.717) is 5.82 Å². The maximum Gasteiger partial charge on any atom is 0.265 e. The summed E-state index contributed by atoms with van der Waals surface area (Å²) < 4.78 is 26.2. The lowest BCUT2D eigenvalue weighted by Gasteiger charge is -2.05. The lowest BCUT2D eigenvalue weighted by Crippen LogP contribution is -2.13. The minimum atomic E-state index is -3.65. The van der Waals surface area contributed by atoms with Crippen molar-refractivity contribution in [1.29, 1.82) is 0 Å². The van der Waals surface area contributed by atoms with Crippen LogP contribution in [0.25, 0.3) is 0 Å². The highest BCUT2D eigenvalue weighted by molar-refractivity contribution is 7.93. The number of sulfonamides is 1. The van der Waals surface area contributed by atoms with Gasteiger partial charge in [-0.15, -0.1) is 10.2 Å². The van der Waals surface area contributed by atoms with Crippen LogP contribution in [0.1, 0.15) is 6.92 Å². The van der Waals surface area contributed by atoms with E-state index >= 15 is 0 Å². The summed E-state index contributed by atoms with van der Waals surface area (Å²) in [5.74, 6) is 0.632. The van der Waals surface area contributed by atoms with Crippen LogP contribution in [0.4, 0.5) is 10.9 Å². The lowest BCUT2D eigenvalue weighted by atomic mass is 10.4. The number of anilines is 2. The maximum atomic E-state index is 11.9. The molecule has 2 aromatic rings. The molecule has 0 aliphatic rings. The van der Waals surface area contributed by atoms with E-state index in [1.807, 2.05) is 6.92 Å². The summed E-state index contributed by atoms with van der Waals surface area (Å²) in [6.45, 7) is 2.66. The second kappa shape index (κ2) is 5.27. The third kappa shape index (κ3) is 2.93. The van der Waals surface area contributed by atoms with Gasteiger partial charge in [0.25, 0.3) is 10.0 Å². The molecule has 9 heteroatoms. The third-order valence-corrected chi connectivity index (χ3v) is 4.05. The summed E-state index contributed by atoms with van der Waals surface area (Å²) in [5.41, 5.74) is 1.45. The molecule has 0 aromatic carbocycles. The zero-order chi connectivity index (χ0) is 13.0. The molecule has 0 aliphatic heterocycles. The number of aromatic nitrogens is 3. The molecule has 2 N–H and O–H groups in total. The molecule has 0 amide bonds. The molecule has 0 unspecified atom stereocenters. The highest BCUT2D eigenvalue weighted by Crippen LogP contribution is 2.17. The average molecular weight is 285 g/mol. The van der Waals surface area contributed by atoms with E-state index in [4.69, 9.17) is 0 Å². The minimum absolute atomic E-state index is 0.0827. The van der Waals surface area contributed by atoms with Gasteiger partial charge >= 0.3 is 0 Å². The zero-order valence-electron chi connectivity index (χ0n) is 9.49. The van der Waals surface area contributed by atoms with E-state index in [1.165, 1.54) is 17.8 Å². The van der Waals surface area contributed by atoms with Crippen LogP contribution in [-0.4, -0.2) is 30.1 Å². The molecule has 0 radical (unpaired) electrons. The molecule has 0 saturated carbocycles. The Kier molecular flexibility index (Phi) is 3.72. The first-order valence-corrected chi connectivity index (χ1v) is 7.47. The van der Waals surface area contributed by atoms with Crippen molar-refractivity contribution in [3.63, 3.8) is 0 Å². The standard InChI is InChI=1S/C9H11N5O2S2/c1-2-10-8-4-3-7(5-11-8)18(15,16)14-9-13-12-6-17-9/h3-6H,2H2,1H3,(H,10,11)(H,13,14). The van der Waals surface area contributed by atoms with E-state index in [2.05, 4.69) is 25.2 Å². The Hall–Kier alpha value is -1.74. The number of hydrogen-bond acceptors (Lipinski definition) is 7. The summed E-state index contributed by atoms with van der Waals surface area (Å²) in [6, 6.07) is 3.09. The van der Waals surface area contributed by atoms with E-state index < -0.39 is 10.0 Å². The van der Waals surface area contributed by atoms with Gasteiger partial charge in [-0.25, -0.2) is 13.4 Å². The van der Waals surface area contributed by atoms with Gasteiger partial charge in [-0.3, -0.25) is 4.72 Å². The van der Waals surface area contributed by atoms with E-state index in [1.54, 1.807) is 6.07 Å². The van der Waals surface area contributed by atoms with E-state index in [9.17, 15) is 8.42 Å². The predicted molar refractivity (Wildman–Crippen MR) is 69.1 cm³/mol. The van der Waals surface area contributed by atoms with Crippen molar-refractivity contribution < 1.29 is 8.42 Å². The number of hydrogen-bond donors (Lipinski definition) is 2. The summed E-state index contributed by atoms with van der Waals surface area (Å²) in [4.78, 5) is 4.08. The van der Waals surface area contributed by atoms with Gasteiger partial charge in [0, 0.05) is 12.7 Å². The molecule has 96 valence electrons. The molecule has 0 aliphatic carbocycles. The molecule has 7 nitrogen and oxygen atoms in total. The van der Waals surface area contributed by atoms with Crippen molar-refractivity contribution in [2.75, 3.05) is 16.6 Å². The average Bonchev–Trinajstić information content (AvgIpc) is 2.82. The highest BCUT2D eigenvalue weighted by Gasteiger charge is 2.16. The van der Waals surface area contributed by atoms with E-state index in [-0.39, 0.29) is 10.0 Å². The fraction of sp³-hybridized carbons (Fsp3) is 0.222. The predicted octanol–water partition coefficient (Wildman–Crippen LogP) is 1.17. The van der Waals surface area contributed by atoms with Gasteiger partial charge in [0.1, 0.15) is 16.2 Å². The smallest absolute Gasteiger partial charge is 0.265 e. The van der Waals surface area contributed by atoms with Crippen LogP contribution < -0.4 is 10.0 Å². The van der Waals surface area contributed by atoms with Crippen molar-refractivity contribution in [3.8, 4) is 0 Å². The van der Waals surface area contributed by atoms with Crippen LogP contribution in [0.3, 0.4) is 0 Å². The van der Waals surface area contributed by atoms with Gasteiger partial charge in [-0.1, -0.05) is 11.3 Å². The van der Waals surface area contributed by atoms with Crippen molar-refractivity contribution in [1.82, 2.24) is 15.2 Å². The van der Waals surface area contributed by atoms with Gasteiger partial charge in [0.05, 0.1) is 0 Å². The summed E-state index contributed by atoms with van der Waals surface area (Å²) >= 11 is 1.11. The van der Waals surface area contributed by atoms with Gasteiger partial charge in [-0.05, 0) is 19.1 Å². The van der Waals surface area contributed by atoms with Crippen LogP contribution in [0.2, 0.25) is 0 Å². The van der Waals surface area contributed by atoms with Crippen molar-refractivity contribution in [3.05, 3.63) is 23.8 Å². The topological polar surface area (TPSA) is 96.9 Å². The molecule has 0 spiro atoms. The highest BCUT2D eigenvalue weighted by atomic mass is 32.2. The molecule has 2 rings (SSSR count). The monoisotopic (exact) mass is 285 g/mol. The van der Waals surface area contributed by atoms with Crippen molar-refractivity contribution in [2.24, 2.45) is 0 Å². The Morgan fingerprint density at radius 3 is 2.78 bits per heavy atom. The maximum absolute atomic E-state index is 11.9. The molecule has 18 heavy (non-hydrogen) atoms. The summed E-state index contributed by atoms with van der Waals surface area (Å²) in [5, 5.41) is 10.4. The molecule has 0 bridgehead atoms. The molecule has 0 atom stereocenters. The fourth-order valence-corrected chi connectivity index (χ4v) is 2.85. The molecular weight excluding hydrogens is 274 g/mol. The molecule has 2 heterocycles. The SMILES string of the molecule is CCNc1ccc(S(=O)(=O)Nc2nncs2)cn1. The molecule has 0 saturated heterocycles. The first-order valence-electron chi connectivity index (χ1n) is 5.11. The first-order chi connectivity index (χ1) is 8.62. The Balaban J connectivity index is 2.19. The number of rotatable bonds is 5. The number of nitrogens with one attached hydrogen (secondary N) is 2. The van der Waals surface area contributed by atoms with Crippen LogP contribution in [0, 0.1) is 0 Å². The number of pyridine rings is 1. The lowest BCUT2D eigenvalue weighted by molar-refractivity contribution is 0.600. The quantitative estimate of drug-likeness (QED) is 0.855. The van der Waals surface area contributed by atoms with Gasteiger partial charge in [0.15, 0.2) is 0 Å². The van der Waals surface area contributed by atoms with Crippen molar-refractivity contribution in [2.45, 2.75) is 11.8 Å². The number of nitrogens with zero attached hydrogens (tertiary/aromatic N) is 3. The van der Waals surface area contributed by atoms with Crippen LogP contribution in [0.5, 0.6) is 0 Å². The second-order valence-electron chi connectivity index (χ2n) is 3.26. The van der Waals surface area contributed by atoms with Crippen molar-refractivity contribution >= 4 is 32.3 Å². The molecule has 0 fully saturated rings. The van der Waals surface area contributed by atoms with Crippen LogP contribution in [0.15, 0.2) is 28.7 Å². The van der Waals surface area contributed by atoms with E-state index in [0.717, 1.165) is 17.9 Å². The Morgan fingerprint density at radius 2 is 2.22 bits per heavy atom.